The van der Waals surface area contributed by atoms with Crippen molar-refractivity contribution < 1.29 is 4.79 Å². The van der Waals surface area contributed by atoms with Crippen molar-refractivity contribution in [3.8, 4) is 0 Å². The highest BCUT2D eigenvalue weighted by atomic mass is 127. The van der Waals surface area contributed by atoms with Crippen LogP contribution in [0.2, 0.25) is 0 Å². The van der Waals surface area contributed by atoms with Crippen LogP contribution in [0.25, 0.3) is 0 Å². The van der Waals surface area contributed by atoms with E-state index in [0.717, 1.165) is 49.6 Å². The molecule has 2 aromatic rings. The number of nitrogens with one attached hydrogen (secondary N) is 2. The van der Waals surface area contributed by atoms with E-state index in [9.17, 15) is 4.79 Å². The van der Waals surface area contributed by atoms with Crippen molar-refractivity contribution in [1.29, 1.82) is 0 Å². The van der Waals surface area contributed by atoms with E-state index in [0.29, 0.717) is 13.1 Å². The molecule has 5 nitrogen and oxygen atoms in total. The number of likely N-dealkylation sites (tertiary alicyclic amines) is 1. The molecule has 156 valence electrons. The molecule has 3 rings (SSSR count). The Bertz CT molecular complexity index is 771. The molecule has 0 aromatic heterocycles. The number of nitrogens with zero attached hydrogens (tertiary/aromatic N) is 2. The molecule has 0 saturated carbocycles. The van der Waals surface area contributed by atoms with Gasteiger partial charge >= 0.3 is 0 Å². The summed E-state index contributed by atoms with van der Waals surface area (Å²) in [6.45, 7) is 5.93. The first-order valence-electron chi connectivity index (χ1n) is 10.2. The molecule has 1 aliphatic heterocycles. The van der Waals surface area contributed by atoms with Crippen LogP contribution >= 0.6 is 24.0 Å². The predicted molar refractivity (Wildman–Crippen MR) is 130 cm³/mol. The van der Waals surface area contributed by atoms with Crippen LogP contribution in [0.15, 0.2) is 59.6 Å². The molecule has 1 saturated heterocycles. The molecule has 0 unspecified atom stereocenters. The van der Waals surface area contributed by atoms with E-state index in [4.69, 9.17) is 0 Å². The van der Waals surface area contributed by atoms with Gasteiger partial charge in [-0.15, -0.1) is 24.0 Å². The molecule has 2 aromatic carbocycles. The first-order chi connectivity index (χ1) is 13.8. The Balaban J connectivity index is 0.00000300. The van der Waals surface area contributed by atoms with Crippen LogP contribution in [0.5, 0.6) is 0 Å². The van der Waals surface area contributed by atoms with Crippen molar-refractivity contribution in [3.63, 3.8) is 0 Å². The number of aliphatic imine (C=N–C) groups is 1. The van der Waals surface area contributed by atoms with Crippen molar-refractivity contribution in [2.45, 2.75) is 39.3 Å². The highest BCUT2D eigenvalue weighted by Gasteiger charge is 2.17. The highest BCUT2D eigenvalue weighted by Crippen LogP contribution is 2.14. The van der Waals surface area contributed by atoms with Crippen LogP contribution < -0.4 is 10.6 Å². The van der Waals surface area contributed by atoms with Crippen LogP contribution in [-0.2, 0) is 13.1 Å². The van der Waals surface area contributed by atoms with Gasteiger partial charge in [0.15, 0.2) is 5.96 Å². The summed E-state index contributed by atoms with van der Waals surface area (Å²) < 4.78 is 0. The molecule has 0 bridgehead atoms. The fraction of sp³-hybridized carbons (Fsp3) is 0.391. The number of piperidine rings is 1. The molecule has 1 aliphatic rings. The minimum absolute atomic E-state index is 0. The Hall–Kier alpha value is -2.09. The number of benzene rings is 2. The standard InChI is InChI=1S/C23H30N4O.HI/c1-2-24-23(25-17-19-9-5-3-6-10-19)26-18-20-11-13-21(14-12-20)22(28)27-15-7-4-8-16-27;/h3,5-6,9-14H,2,4,7-8,15-18H2,1H3,(H2,24,25,26);1H. The lowest BCUT2D eigenvalue weighted by molar-refractivity contribution is 0.0724. The third-order valence-corrected chi connectivity index (χ3v) is 4.91. The summed E-state index contributed by atoms with van der Waals surface area (Å²) in [4.78, 5) is 19.2. The molecular formula is C23H31IN4O. The van der Waals surface area contributed by atoms with Crippen molar-refractivity contribution in [2.75, 3.05) is 19.6 Å². The lowest BCUT2D eigenvalue weighted by Gasteiger charge is -2.26. The fourth-order valence-corrected chi connectivity index (χ4v) is 3.33. The summed E-state index contributed by atoms with van der Waals surface area (Å²) >= 11 is 0. The average Bonchev–Trinajstić information content (AvgIpc) is 2.77. The zero-order valence-corrected chi connectivity index (χ0v) is 19.4. The van der Waals surface area contributed by atoms with Crippen LogP contribution in [0, 0.1) is 0 Å². The van der Waals surface area contributed by atoms with E-state index in [1.165, 1.54) is 12.0 Å². The summed E-state index contributed by atoms with van der Waals surface area (Å²) in [6, 6.07) is 18.1. The van der Waals surface area contributed by atoms with Gasteiger partial charge in [-0.3, -0.25) is 4.79 Å². The van der Waals surface area contributed by atoms with Crippen molar-refractivity contribution in [2.24, 2.45) is 4.99 Å². The molecule has 0 spiro atoms. The van der Waals surface area contributed by atoms with E-state index in [-0.39, 0.29) is 29.9 Å². The number of rotatable bonds is 6. The van der Waals surface area contributed by atoms with Gasteiger partial charge in [0, 0.05) is 31.7 Å². The Kier molecular flexibility index (Phi) is 9.97. The number of amides is 1. The van der Waals surface area contributed by atoms with Crippen molar-refractivity contribution in [3.05, 3.63) is 71.3 Å². The molecule has 1 amide bonds. The number of hydrogen-bond acceptors (Lipinski definition) is 2. The minimum atomic E-state index is 0. The number of halogens is 1. The van der Waals surface area contributed by atoms with Crippen LogP contribution in [0.1, 0.15) is 47.7 Å². The van der Waals surface area contributed by atoms with Gasteiger partial charge in [0.05, 0.1) is 6.54 Å². The second-order valence-corrected chi connectivity index (χ2v) is 7.08. The molecular weight excluding hydrogens is 475 g/mol. The second-order valence-electron chi connectivity index (χ2n) is 7.08. The van der Waals surface area contributed by atoms with Gasteiger partial charge in [0.25, 0.3) is 5.91 Å². The first kappa shape index (κ1) is 23.2. The molecule has 0 aliphatic carbocycles. The Morgan fingerprint density at radius 2 is 1.62 bits per heavy atom. The molecule has 1 heterocycles. The van der Waals surface area contributed by atoms with Gasteiger partial charge in [-0.05, 0) is 49.4 Å². The Labute approximate surface area is 191 Å². The Morgan fingerprint density at radius 3 is 2.28 bits per heavy atom. The molecule has 6 heteroatoms. The van der Waals surface area contributed by atoms with E-state index in [1.54, 1.807) is 0 Å². The number of carbonyl (C=O) groups is 1. The van der Waals surface area contributed by atoms with Gasteiger partial charge in [-0.1, -0.05) is 42.5 Å². The predicted octanol–water partition coefficient (Wildman–Crippen LogP) is 4.19. The highest BCUT2D eigenvalue weighted by molar-refractivity contribution is 14.0. The quantitative estimate of drug-likeness (QED) is 0.351. The van der Waals surface area contributed by atoms with Crippen LogP contribution in [0.3, 0.4) is 0 Å². The topological polar surface area (TPSA) is 56.7 Å². The van der Waals surface area contributed by atoms with Gasteiger partial charge in [-0.25, -0.2) is 4.99 Å². The van der Waals surface area contributed by atoms with Gasteiger partial charge in [-0.2, -0.15) is 0 Å². The molecule has 1 fully saturated rings. The largest absolute Gasteiger partial charge is 0.357 e. The van der Waals surface area contributed by atoms with Gasteiger partial charge in [0.2, 0.25) is 0 Å². The summed E-state index contributed by atoms with van der Waals surface area (Å²) in [5, 5.41) is 6.64. The zero-order chi connectivity index (χ0) is 19.6. The lowest BCUT2D eigenvalue weighted by atomic mass is 10.1. The maximum Gasteiger partial charge on any atom is 0.253 e. The van der Waals surface area contributed by atoms with Crippen LogP contribution in [0.4, 0.5) is 0 Å². The maximum absolute atomic E-state index is 12.6. The summed E-state index contributed by atoms with van der Waals surface area (Å²) in [7, 11) is 0. The third-order valence-electron chi connectivity index (χ3n) is 4.91. The minimum Gasteiger partial charge on any atom is -0.357 e. The van der Waals surface area contributed by atoms with Crippen molar-refractivity contribution >= 4 is 35.8 Å². The SMILES string of the molecule is CCNC(=NCc1ccccc1)NCc1ccc(C(=O)N2CCCCC2)cc1.I. The van der Waals surface area contributed by atoms with Gasteiger partial charge < -0.3 is 15.5 Å². The summed E-state index contributed by atoms with van der Waals surface area (Å²) in [6.07, 6.45) is 3.46. The van der Waals surface area contributed by atoms with Crippen molar-refractivity contribution in [1.82, 2.24) is 15.5 Å². The van der Waals surface area contributed by atoms with Crippen LogP contribution in [-0.4, -0.2) is 36.4 Å². The maximum atomic E-state index is 12.6. The summed E-state index contributed by atoms with van der Waals surface area (Å²) in [5.74, 6) is 0.941. The molecule has 2 N–H and O–H groups in total. The fourth-order valence-electron chi connectivity index (χ4n) is 3.33. The van der Waals surface area contributed by atoms with E-state index in [2.05, 4.69) is 34.7 Å². The summed E-state index contributed by atoms with van der Waals surface area (Å²) in [5.41, 5.74) is 3.08. The number of carbonyl (C=O) groups excluding carboxylic acids is 1. The first-order valence-corrected chi connectivity index (χ1v) is 10.2. The van der Waals surface area contributed by atoms with E-state index >= 15 is 0 Å². The number of hydrogen-bond donors (Lipinski definition) is 2. The van der Waals surface area contributed by atoms with E-state index in [1.807, 2.05) is 47.4 Å². The monoisotopic (exact) mass is 506 g/mol. The zero-order valence-electron chi connectivity index (χ0n) is 17.1. The Morgan fingerprint density at radius 1 is 0.931 bits per heavy atom. The van der Waals surface area contributed by atoms with Gasteiger partial charge in [0.1, 0.15) is 0 Å². The molecule has 29 heavy (non-hydrogen) atoms. The normalized spacial score (nSPS) is 14.1. The smallest absolute Gasteiger partial charge is 0.253 e. The van der Waals surface area contributed by atoms with E-state index < -0.39 is 0 Å². The lowest BCUT2D eigenvalue weighted by Crippen LogP contribution is -2.37. The molecule has 0 atom stereocenters. The molecule has 0 radical (unpaired) electrons. The second kappa shape index (κ2) is 12.5. The number of guanidine groups is 1. The average molecular weight is 506 g/mol. The third kappa shape index (κ3) is 7.34.